The highest BCUT2D eigenvalue weighted by Crippen LogP contribution is 2.20. The van der Waals surface area contributed by atoms with E-state index in [9.17, 15) is 9.59 Å². The van der Waals surface area contributed by atoms with Gasteiger partial charge in [-0.15, -0.1) is 0 Å². The average molecular weight is 276 g/mol. The molecule has 0 aromatic carbocycles. The number of primary amides is 1. The number of nitrogens with zero attached hydrogens (tertiary/aromatic N) is 3. The molecule has 2 heterocycles. The van der Waals surface area contributed by atoms with E-state index in [0.29, 0.717) is 11.4 Å². The standard InChI is InChI=1S/C14H20N4O2/c1-17(10-12(15)19)13-11(6-5-7-16-13)14(20)18-8-3-2-4-9-18/h5-7H,2-4,8-10H2,1H3,(H2,15,19). The zero-order chi connectivity index (χ0) is 14.5. The number of likely N-dealkylation sites (tertiary alicyclic amines) is 1. The second kappa shape index (κ2) is 6.36. The van der Waals surface area contributed by atoms with Gasteiger partial charge in [0.25, 0.3) is 5.91 Å². The quantitative estimate of drug-likeness (QED) is 0.874. The minimum Gasteiger partial charge on any atom is -0.368 e. The van der Waals surface area contributed by atoms with Gasteiger partial charge in [-0.1, -0.05) is 0 Å². The van der Waals surface area contributed by atoms with E-state index in [1.165, 1.54) is 6.42 Å². The van der Waals surface area contributed by atoms with Crippen LogP contribution in [0.3, 0.4) is 0 Å². The van der Waals surface area contributed by atoms with E-state index in [0.717, 1.165) is 25.9 Å². The molecule has 1 fully saturated rings. The van der Waals surface area contributed by atoms with Gasteiger partial charge < -0.3 is 15.5 Å². The molecule has 6 heteroatoms. The molecular formula is C14H20N4O2. The summed E-state index contributed by atoms with van der Waals surface area (Å²) in [5.74, 6) is 0.0283. The minimum absolute atomic E-state index is 0.0240. The van der Waals surface area contributed by atoms with Crippen LogP contribution in [0.15, 0.2) is 18.3 Å². The summed E-state index contributed by atoms with van der Waals surface area (Å²) in [6.45, 7) is 1.61. The van der Waals surface area contributed by atoms with Gasteiger partial charge in [0, 0.05) is 26.3 Å². The van der Waals surface area contributed by atoms with Crippen LogP contribution >= 0.6 is 0 Å². The molecule has 20 heavy (non-hydrogen) atoms. The van der Waals surface area contributed by atoms with Crippen LogP contribution in [0.2, 0.25) is 0 Å². The van der Waals surface area contributed by atoms with E-state index in [1.54, 1.807) is 30.3 Å². The van der Waals surface area contributed by atoms with Crippen molar-refractivity contribution >= 4 is 17.6 Å². The van der Waals surface area contributed by atoms with Crippen molar-refractivity contribution in [3.63, 3.8) is 0 Å². The number of amides is 2. The van der Waals surface area contributed by atoms with Gasteiger partial charge in [0.15, 0.2) is 0 Å². The zero-order valence-electron chi connectivity index (χ0n) is 11.7. The van der Waals surface area contributed by atoms with Crippen molar-refractivity contribution in [1.29, 1.82) is 0 Å². The third kappa shape index (κ3) is 3.26. The van der Waals surface area contributed by atoms with Crippen molar-refractivity contribution < 1.29 is 9.59 Å². The Morgan fingerprint density at radius 2 is 2.05 bits per heavy atom. The molecule has 0 radical (unpaired) electrons. The Hall–Kier alpha value is -2.11. The zero-order valence-corrected chi connectivity index (χ0v) is 11.7. The van der Waals surface area contributed by atoms with Crippen LogP contribution in [-0.4, -0.2) is 48.4 Å². The first-order chi connectivity index (χ1) is 9.59. The highest BCUT2D eigenvalue weighted by molar-refractivity contribution is 5.99. The molecule has 2 N–H and O–H groups in total. The van der Waals surface area contributed by atoms with Crippen molar-refractivity contribution in [2.45, 2.75) is 19.3 Å². The van der Waals surface area contributed by atoms with E-state index in [4.69, 9.17) is 5.73 Å². The molecule has 1 saturated heterocycles. The Morgan fingerprint density at radius 1 is 1.35 bits per heavy atom. The maximum absolute atomic E-state index is 12.6. The van der Waals surface area contributed by atoms with Gasteiger partial charge in [0.2, 0.25) is 5.91 Å². The van der Waals surface area contributed by atoms with Gasteiger partial charge in [-0.25, -0.2) is 4.98 Å². The lowest BCUT2D eigenvalue weighted by Gasteiger charge is -2.28. The topological polar surface area (TPSA) is 79.5 Å². The monoisotopic (exact) mass is 276 g/mol. The van der Waals surface area contributed by atoms with E-state index in [-0.39, 0.29) is 12.5 Å². The summed E-state index contributed by atoms with van der Waals surface area (Å²) in [6, 6.07) is 3.48. The van der Waals surface area contributed by atoms with Gasteiger partial charge in [-0.05, 0) is 31.4 Å². The van der Waals surface area contributed by atoms with Gasteiger partial charge in [-0.3, -0.25) is 9.59 Å². The number of hydrogen-bond acceptors (Lipinski definition) is 4. The summed E-state index contributed by atoms with van der Waals surface area (Å²) in [5.41, 5.74) is 5.72. The lowest BCUT2D eigenvalue weighted by atomic mass is 10.1. The second-order valence-electron chi connectivity index (χ2n) is 5.05. The fourth-order valence-electron chi connectivity index (χ4n) is 2.44. The predicted molar refractivity (Wildman–Crippen MR) is 76.5 cm³/mol. The molecule has 6 nitrogen and oxygen atoms in total. The van der Waals surface area contributed by atoms with Crippen molar-refractivity contribution in [2.24, 2.45) is 5.73 Å². The minimum atomic E-state index is -0.450. The average Bonchev–Trinajstić information content (AvgIpc) is 2.46. The maximum atomic E-state index is 12.6. The van der Waals surface area contributed by atoms with Crippen molar-refractivity contribution in [3.05, 3.63) is 23.9 Å². The van der Waals surface area contributed by atoms with Crippen molar-refractivity contribution in [1.82, 2.24) is 9.88 Å². The number of pyridine rings is 1. The summed E-state index contributed by atoms with van der Waals surface area (Å²) >= 11 is 0. The first-order valence-corrected chi connectivity index (χ1v) is 6.83. The van der Waals surface area contributed by atoms with E-state index < -0.39 is 5.91 Å². The number of carbonyl (C=O) groups excluding carboxylic acids is 2. The van der Waals surface area contributed by atoms with Crippen LogP contribution in [0.5, 0.6) is 0 Å². The number of likely N-dealkylation sites (N-methyl/N-ethyl adjacent to an activating group) is 1. The predicted octanol–water partition coefficient (Wildman–Crippen LogP) is 0.629. The van der Waals surface area contributed by atoms with Gasteiger partial charge >= 0.3 is 0 Å². The fourth-order valence-corrected chi connectivity index (χ4v) is 2.44. The molecule has 1 aromatic rings. The molecule has 0 bridgehead atoms. The highest BCUT2D eigenvalue weighted by atomic mass is 16.2. The molecule has 0 aliphatic carbocycles. The SMILES string of the molecule is CN(CC(N)=O)c1ncccc1C(=O)N1CCCCC1. The number of rotatable bonds is 4. The summed E-state index contributed by atoms with van der Waals surface area (Å²) < 4.78 is 0. The molecule has 1 aromatic heterocycles. The summed E-state index contributed by atoms with van der Waals surface area (Å²) in [7, 11) is 1.71. The number of anilines is 1. The fraction of sp³-hybridized carbons (Fsp3) is 0.500. The van der Waals surface area contributed by atoms with Gasteiger partial charge in [0.05, 0.1) is 12.1 Å². The van der Waals surface area contributed by atoms with Gasteiger partial charge in [0.1, 0.15) is 5.82 Å². The molecular weight excluding hydrogens is 256 g/mol. The molecule has 0 atom stereocenters. The first-order valence-electron chi connectivity index (χ1n) is 6.83. The van der Waals surface area contributed by atoms with Crippen LogP contribution in [0.4, 0.5) is 5.82 Å². The Kier molecular flexibility index (Phi) is 4.55. The Balaban J connectivity index is 2.22. The van der Waals surface area contributed by atoms with Crippen molar-refractivity contribution in [3.8, 4) is 0 Å². The van der Waals surface area contributed by atoms with Crippen LogP contribution in [0, 0.1) is 0 Å². The first kappa shape index (κ1) is 14.3. The number of piperidine rings is 1. The summed E-state index contributed by atoms with van der Waals surface area (Å²) in [6.07, 6.45) is 4.86. The van der Waals surface area contributed by atoms with Gasteiger partial charge in [-0.2, -0.15) is 0 Å². The summed E-state index contributed by atoms with van der Waals surface area (Å²) in [4.78, 5) is 31.3. The van der Waals surface area contributed by atoms with E-state index >= 15 is 0 Å². The van der Waals surface area contributed by atoms with Crippen molar-refractivity contribution in [2.75, 3.05) is 31.6 Å². The lowest BCUT2D eigenvalue weighted by Crippen LogP contribution is -2.37. The second-order valence-corrected chi connectivity index (χ2v) is 5.05. The summed E-state index contributed by atoms with van der Waals surface area (Å²) in [5, 5.41) is 0. The lowest BCUT2D eigenvalue weighted by molar-refractivity contribution is -0.116. The third-order valence-corrected chi connectivity index (χ3v) is 3.41. The Morgan fingerprint density at radius 3 is 2.70 bits per heavy atom. The molecule has 0 unspecified atom stereocenters. The third-order valence-electron chi connectivity index (χ3n) is 3.41. The largest absolute Gasteiger partial charge is 0.368 e. The smallest absolute Gasteiger partial charge is 0.257 e. The van der Waals surface area contributed by atoms with E-state index in [2.05, 4.69) is 4.98 Å². The number of carbonyl (C=O) groups is 2. The Labute approximate surface area is 118 Å². The molecule has 0 saturated carbocycles. The van der Waals surface area contributed by atoms with E-state index in [1.807, 2.05) is 4.90 Å². The van der Waals surface area contributed by atoms with Crippen LogP contribution in [0.1, 0.15) is 29.6 Å². The molecule has 2 rings (SSSR count). The molecule has 0 spiro atoms. The number of nitrogens with two attached hydrogens (primary N) is 1. The molecule has 2 amide bonds. The highest BCUT2D eigenvalue weighted by Gasteiger charge is 2.22. The van der Waals surface area contributed by atoms with Crippen LogP contribution in [0.25, 0.3) is 0 Å². The van der Waals surface area contributed by atoms with Crippen LogP contribution < -0.4 is 10.6 Å². The maximum Gasteiger partial charge on any atom is 0.257 e. The molecule has 1 aliphatic heterocycles. The van der Waals surface area contributed by atoms with Crippen LogP contribution in [-0.2, 0) is 4.79 Å². The molecule has 108 valence electrons. The Bertz CT molecular complexity index is 498. The molecule has 1 aliphatic rings. The number of hydrogen-bond donors (Lipinski definition) is 1. The number of aromatic nitrogens is 1. The normalized spacial score (nSPS) is 14.9.